The van der Waals surface area contributed by atoms with Crippen molar-refractivity contribution >= 4 is 23.9 Å². The fourth-order valence-electron chi connectivity index (χ4n) is 2.73. The molecule has 4 heterocycles. The summed E-state index contributed by atoms with van der Waals surface area (Å²) in [7, 11) is -2.37. The molecule has 1 aliphatic rings. The quantitative estimate of drug-likeness (QED) is 0.624. The molecule has 150 valence electrons. The third-order valence-corrected chi connectivity index (χ3v) is 5.76. The number of aliphatic hydroxyl groups is 1. The van der Waals surface area contributed by atoms with Crippen molar-refractivity contribution in [2.24, 2.45) is 0 Å². The SMILES string of the molecule is CP(C)(=O)c1ccc(-c2cc(F)c3cnc(N)nn23)nc1.OC1CCCOC1. The third-order valence-electron chi connectivity index (χ3n) is 4.25. The second-order valence-corrected chi connectivity index (χ2v) is 10.1. The van der Waals surface area contributed by atoms with Crippen LogP contribution in [-0.4, -0.2) is 57.3 Å². The first-order chi connectivity index (χ1) is 13.3. The van der Waals surface area contributed by atoms with E-state index in [-0.39, 0.29) is 17.6 Å². The van der Waals surface area contributed by atoms with Crippen molar-refractivity contribution in [3.05, 3.63) is 36.4 Å². The van der Waals surface area contributed by atoms with Gasteiger partial charge in [0.05, 0.1) is 30.3 Å². The van der Waals surface area contributed by atoms with Gasteiger partial charge in [-0.05, 0) is 38.3 Å². The number of nitrogen functional groups attached to an aromatic ring is 1. The number of pyridine rings is 1. The van der Waals surface area contributed by atoms with E-state index in [2.05, 4.69) is 15.1 Å². The molecule has 10 heteroatoms. The Bertz CT molecular complexity index is 996. The first kappa shape index (κ1) is 20.4. The van der Waals surface area contributed by atoms with Crippen molar-refractivity contribution in [2.45, 2.75) is 18.9 Å². The molecule has 3 aromatic rings. The number of ether oxygens (including phenoxy) is 1. The Morgan fingerprint density at radius 1 is 1.32 bits per heavy atom. The third kappa shape index (κ3) is 4.73. The molecule has 0 aliphatic carbocycles. The molecule has 0 radical (unpaired) electrons. The summed E-state index contributed by atoms with van der Waals surface area (Å²) in [5.41, 5.74) is 6.74. The van der Waals surface area contributed by atoms with E-state index in [0.29, 0.717) is 23.3 Å². The summed E-state index contributed by atoms with van der Waals surface area (Å²) in [4.78, 5) is 8.02. The summed E-state index contributed by atoms with van der Waals surface area (Å²) >= 11 is 0. The monoisotopic (exact) mass is 407 g/mol. The lowest BCUT2D eigenvalue weighted by Gasteiger charge is -2.15. The molecule has 1 aliphatic heterocycles. The molecule has 0 amide bonds. The zero-order chi connectivity index (χ0) is 20.3. The van der Waals surface area contributed by atoms with E-state index in [1.807, 2.05) is 0 Å². The summed E-state index contributed by atoms with van der Waals surface area (Å²) < 4.78 is 32.2. The van der Waals surface area contributed by atoms with Crippen LogP contribution in [0.3, 0.4) is 0 Å². The van der Waals surface area contributed by atoms with Crippen LogP contribution >= 0.6 is 7.14 Å². The maximum absolute atomic E-state index is 13.9. The molecule has 3 aromatic heterocycles. The number of aromatic nitrogens is 4. The van der Waals surface area contributed by atoms with Crippen LogP contribution in [0.5, 0.6) is 0 Å². The number of nitrogens with two attached hydrogens (primary N) is 1. The van der Waals surface area contributed by atoms with Gasteiger partial charge < -0.3 is 20.1 Å². The van der Waals surface area contributed by atoms with Crippen LogP contribution in [0.2, 0.25) is 0 Å². The van der Waals surface area contributed by atoms with Gasteiger partial charge in [-0.25, -0.2) is 13.9 Å². The summed E-state index contributed by atoms with van der Waals surface area (Å²) in [5, 5.41) is 13.4. The number of fused-ring (bicyclic) bond motifs is 1. The maximum atomic E-state index is 13.9. The molecular formula is C18H23FN5O3P. The minimum absolute atomic E-state index is 0.0441. The highest BCUT2D eigenvalue weighted by atomic mass is 31.2. The summed E-state index contributed by atoms with van der Waals surface area (Å²) in [6, 6.07) is 4.74. The number of nitrogens with zero attached hydrogens (tertiary/aromatic N) is 4. The van der Waals surface area contributed by atoms with E-state index in [9.17, 15) is 8.96 Å². The van der Waals surface area contributed by atoms with E-state index < -0.39 is 13.0 Å². The Labute approximate surface area is 161 Å². The zero-order valence-electron chi connectivity index (χ0n) is 15.7. The molecule has 0 saturated carbocycles. The maximum Gasteiger partial charge on any atom is 0.238 e. The Morgan fingerprint density at radius 3 is 2.64 bits per heavy atom. The zero-order valence-corrected chi connectivity index (χ0v) is 16.6. The van der Waals surface area contributed by atoms with Crippen molar-refractivity contribution < 1.29 is 18.8 Å². The predicted molar refractivity (Wildman–Crippen MR) is 106 cm³/mol. The minimum atomic E-state index is -2.37. The normalized spacial score (nSPS) is 17.2. The minimum Gasteiger partial charge on any atom is -0.391 e. The van der Waals surface area contributed by atoms with Gasteiger partial charge in [0.15, 0.2) is 5.82 Å². The lowest BCUT2D eigenvalue weighted by molar-refractivity contribution is -0.00535. The number of aliphatic hydroxyl groups excluding tert-OH is 1. The Morgan fingerprint density at radius 2 is 2.11 bits per heavy atom. The van der Waals surface area contributed by atoms with Gasteiger partial charge in [0.1, 0.15) is 12.7 Å². The molecule has 3 N–H and O–H groups in total. The standard InChI is InChI=1S/C13H13FN5OP.C5H10O2/c1-21(2,20)8-3-4-10(16-6-8)11-5-9(14)12-7-17-13(15)18-19(11)12;6-5-2-1-3-7-4-5/h3-7H,1-2H3,(H2,15,18);5-6H,1-4H2. The van der Waals surface area contributed by atoms with Gasteiger partial charge in [0, 0.05) is 24.2 Å². The molecule has 1 unspecified atom stereocenters. The molecule has 4 rings (SSSR count). The van der Waals surface area contributed by atoms with Gasteiger partial charge >= 0.3 is 0 Å². The van der Waals surface area contributed by atoms with Crippen LogP contribution in [-0.2, 0) is 9.30 Å². The molecular weight excluding hydrogens is 384 g/mol. The van der Waals surface area contributed by atoms with Crippen LogP contribution in [0.4, 0.5) is 10.3 Å². The molecule has 0 spiro atoms. The lowest BCUT2D eigenvalue weighted by Crippen LogP contribution is -2.21. The Hall–Kier alpha value is -2.35. The number of halogens is 1. The van der Waals surface area contributed by atoms with Gasteiger partial charge in [-0.3, -0.25) is 4.98 Å². The van der Waals surface area contributed by atoms with Crippen LogP contribution in [0, 0.1) is 5.82 Å². The highest BCUT2D eigenvalue weighted by Gasteiger charge is 2.16. The van der Waals surface area contributed by atoms with Crippen molar-refractivity contribution in [1.82, 2.24) is 19.6 Å². The van der Waals surface area contributed by atoms with Gasteiger partial charge in [0.2, 0.25) is 5.95 Å². The van der Waals surface area contributed by atoms with Crippen LogP contribution in [0.25, 0.3) is 16.9 Å². The molecule has 28 heavy (non-hydrogen) atoms. The molecule has 0 bridgehead atoms. The molecule has 8 nitrogen and oxygen atoms in total. The van der Waals surface area contributed by atoms with E-state index in [1.165, 1.54) is 23.0 Å². The fraction of sp³-hybridized carbons (Fsp3) is 0.389. The average molecular weight is 407 g/mol. The molecule has 1 atom stereocenters. The summed E-state index contributed by atoms with van der Waals surface area (Å²) in [5.74, 6) is -0.407. The topological polar surface area (TPSA) is 116 Å². The average Bonchev–Trinajstić information content (AvgIpc) is 2.98. The second-order valence-electron chi connectivity index (χ2n) is 6.91. The second kappa shape index (κ2) is 8.34. The van der Waals surface area contributed by atoms with Crippen molar-refractivity contribution in [3.63, 3.8) is 0 Å². The van der Waals surface area contributed by atoms with E-state index in [4.69, 9.17) is 15.6 Å². The fourth-order valence-corrected chi connectivity index (χ4v) is 3.50. The highest BCUT2D eigenvalue weighted by molar-refractivity contribution is 7.70. The Kier molecular flexibility index (Phi) is 6.07. The van der Waals surface area contributed by atoms with E-state index >= 15 is 0 Å². The predicted octanol–water partition coefficient (Wildman–Crippen LogP) is 1.92. The first-order valence-electron chi connectivity index (χ1n) is 8.83. The number of hydrogen-bond acceptors (Lipinski definition) is 7. The highest BCUT2D eigenvalue weighted by Crippen LogP contribution is 2.34. The van der Waals surface area contributed by atoms with Crippen LogP contribution in [0.15, 0.2) is 30.6 Å². The summed E-state index contributed by atoms with van der Waals surface area (Å²) in [6.45, 7) is 4.71. The van der Waals surface area contributed by atoms with Gasteiger partial charge in [-0.1, -0.05) is 0 Å². The molecule has 0 aromatic carbocycles. The van der Waals surface area contributed by atoms with Gasteiger partial charge in [-0.15, -0.1) is 5.10 Å². The van der Waals surface area contributed by atoms with Gasteiger partial charge in [0.25, 0.3) is 0 Å². The van der Waals surface area contributed by atoms with Gasteiger partial charge in [-0.2, -0.15) is 0 Å². The van der Waals surface area contributed by atoms with E-state index in [1.54, 1.807) is 25.5 Å². The summed E-state index contributed by atoms with van der Waals surface area (Å²) in [6.07, 6.45) is 4.61. The van der Waals surface area contributed by atoms with Crippen molar-refractivity contribution in [2.75, 3.05) is 32.3 Å². The van der Waals surface area contributed by atoms with Crippen LogP contribution < -0.4 is 11.0 Å². The largest absolute Gasteiger partial charge is 0.391 e. The number of anilines is 1. The number of hydrogen-bond donors (Lipinski definition) is 2. The Balaban J connectivity index is 0.000000271. The first-order valence-corrected chi connectivity index (χ1v) is 11.4. The van der Waals surface area contributed by atoms with Crippen molar-refractivity contribution in [1.29, 1.82) is 0 Å². The van der Waals surface area contributed by atoms with E-state index in [0.717, 1.165) is 19.4 Å². The van der Waals surface area contributed by atoms with Crippen LogP contribution in [0.1, 0.15) is 12.8 Å². The molecule has 1 saturated heterocycles. The number of rotatable bonds is 2. The smallest absolute Gasteiger partial charge is 0.238 e. The lowest BCUT2D eigenvalue weighted by atomic mass is 10.2. The molecule has 1 fully saturated rings. The van der Waals surface area contributed by atoms with Crippen molar-refractivity contribution in [3.8, 4) is 11.4 Å².